The molecule has 2 saturated heterocycles. The fraction of sp³-hybridized carbons (Fsp3) is 0.625. The van der Waals surface area contributed by atoms with Crippen molar-refractivity contribution in [3.8, 4) is 17.2 Å². The van der Waals surface area contributed by atoms with E-state index in [0.717, 1.165) is 0 Å². The molecular weight excluding hydrogens is 320 g/mol. The first-order valence-electron chi connectivity index (χ1n) is 7.74. The zero-order valence-corrected chi connectivity index (χ0v) is 13.6. The molecule has 3 heterocycles. The van der Waals surface area contributed by atoms with Crippen molar-refractivity contribution in [2.45, 2.75) is 50.3 Å². The Balaban J connectivity index is 1.60. The minimum Gasteiger partial charge on any atom is -0.507 e. The van der Waals surface area contributed by atoms with Crippen LogP contribution in [0.3, 0.4) is 0 Å². The van der Waals surface area contributed by atoms with Crippen molar-refractivity contribution in [1.82, 2.24) is 0 Å². The summed E-state index contributed by atoms with van der Waals surface area (Å²) in [6.45, 7) is 3.66. The average molecular weight is 340 g/mol. The lowest BCUT2D eigenvalue weighted by Gasteiger charge is -2.28. The Morgan fingerprint density at radius 2 is 1.92 bits per heavy atom. The summed E-state index contributed by atoms with van der Waals surface area (Å²) >= 11 is 0. The lowest BCUT2D eigenvalue weighted by molar-refractivity contribution is -0.228. The van der Waals surface area contributed by atoms with Gasteiger partial charge in [-0.2, -0.15) is 0 Å². The van der Waals surface area contributed by atoms with Crippen molar-refractivity contribution in [1.29, 1.82) is 0 Å². The molecule has 0 unspecified atom stereocenters. The van der Waals surface area contributed by atoms with Gasteiger partial charge in [-0.15, -0.1) is 0 Å². The molecule has 1 aromatic carbocycles. The van der Waals surface area contributed by atoms with Crippen LogP contribution in [-0.2, 0) is 18.9 Å². The summed E-state index contributed by atoms with van der Waals surface area (Å²) in [6.07, 6.45) is -3.55. The van der Waals surface area contributed by atoms with Crippen LogP contribution in [0.4, 0.5) is 0 Å². The second-order valence-corrected chi connectivity index (χ2v) is 6.48. The number of aliphatic hydroxyl groups excluding tert-OH is 1. The molecule has 8 heteroatoms. The molecule has 0 bridgehead atoms. The number of aliphatic hydroxyl groups is 1. The molecule has 4 rings (SSSR count). The number of aromatic hydroxyl groups is 1. The number of ether oxygens (including phenoxy) is 6. The van der Waals surface area contributed by atoms with Crippen LogP contribution in [0.5, 0.6) is 17.2 Å². The predicted octanol–water partition coefficient (Wildman–Crippen LogP) is 1.05. The minimum atomic E-state index is -1.15. The number of phenolic OH excluding ortho intramolecular Hbond substituents is 1. The van der Waals surface area contributed by atoms with Gasteiger partial charge in [-0.3, -0.25) is 0 Å². The Bertz CT molecular complexity index is 645. The van der Waals surface area contributed by atoms with E-state index in [2.05, 4.69) is 0 Å². The molecule has 3 aliphatic heterocycles. The van der Waals surface area contributed by atoms with Gasteiger partial charge < -0.3 is 38.6 Å². The van der Waals surface area contributed by atoms with Crippen molar-refractivity contribution >= 4 is 0 Å². The molecule has 24 heavy (non-hydrogen) atoms. The van der Waals surface area contributed by atoms with E-state index < -0.39 is 36.5 Å². The molecule has 3 aliphatic rings. The van der Waals surface area contributed by atoms with Crippen LogP contribution in [0.15, 0.2) is 12.1 Å². The summed E-state index contributed by atoms with van der Waals surface area (Å²) in [6, 6.07) is 2.95. The highest BCUT2D eigenvalue weighted by Crippen LogP contribution is 2.45. The van der Waals surface area contributed by atoms with Gasteiger partial charge in [-0.25, -0.2) is 0 Å². The van der Waals surface area contributed by atoms with Gasteiger partial charge in [0.2, 0.25) is 6.79 Å². The SMILES string of the molecule is CO[C@@H]1[C@H]2OC(C)(C)O[C@H]2O[C@@H]1[C@@H](O)c1cc2c(cc1O)OCO2. The number of methoxy groups -OCH3 is 1. The van der Waals surface area contributed by atoms with Gasteiger partial charge in [-0.05, 0) is 19.9 Å². The highest BCUT2D eigenvalue weighted by atomic mass is 16.8. The molecule has 0 aliphatic carbocycles. The summed E-state index contributed by atoms with van der Waals surface area (Å²) in [4.78, 5) is 0. The van der Waals surface area contributed by atoms with E-state index in [1.807, 2.05) is 0 Å². The zero-order valence-electron chi connectivity index (χ0n) is 13.6. The molecular formula is C16H20O8. The van der Waals surface area contributed by atoms with Crippen molar-refractivity contribution in [2.24, 2.45) is 0 Å². The number of hydrogen-bond donors (Lipinski definition) is 2. The molecule has 0 amide bonds. The number of benzene rings is 1. The van der Waals surface area contributed by atoms with E-state index in [0.29, 0.717) is 11.5 Å². The van der Waals surface area contributed by atoms with Crippen LogP contribution in [0, 0.1) is 0 Å². The summed E-state index contributed by atoms with van der Waals surface area (Å²) in [5, 5.41) is 20.9. The number of hydrogen-bond acceptors (Lipinski definition) is 8. The molecule has 2 N–H and O–H groups in total. The second kappa shape index (κ2) is 5.47. The summed E-state index contributed by atoms with van der Waals surface area (Å²) < 4.78 is 33.3. The molecule has 0 spiro atoms. The molecule has 8 nitrogen and oxygen atoms in total. The Morgan fingerprint density at radius 1 is 1.21 bits per heavy atom. The Labute approximate surface area is 138 Å². The first kappa shape index (κ1) is 15.9. The molecule has 132 valence electrons. The Kier molecular flexibility index (Phi) is 3.63. The van der Waals surface area contributed by atoms with Gasteiger partial charge in [-0.1, -0.05) is 0 Å². The van der Waals surface area contributed by atoms with Gasteiger partial charge in [0.15, 0.2) is 23.6 Å². The summed E-state index contributed by atoms with van der Waals surface area (Å²) in [7, 11) is 1.52. The normalized spacial score (nSPS) is 34.3. The Hall–Kier alpha value is -1.58. The van der Waals surface area contributed by atoms with Crippen LogP contribution in [0.25, 0.3) is 0 Å². The average Bonchev–Trinajstić information content (AvgIpc) is 3.16. The van der Waals surface area contributed by atoms with Crippen LogP contribution in [0.1, 0.15) is 25.5 Å². The van der Waals surface area contributed by atoms with Crippen LogP contribution in [0.2, 0.25) is 0 Å². The summed E-state index contributed by atoms with van der Waals surface area (Å²) in [5.74, 6) is 0.0135. The van der Waals surface area contributed by atoms with Gasteiger partial charge in [0.05, 0.1) is 0 Å². The van der Waals surface area contributed by atoms with Gasteiger partial charge in [0, 0.05) is 18.7 Å². The Morgan fingerprint density at radius 3 is 2.62 bits per heavy atom. The van der Waals surface area contributed by atoms with Crippen molar-refractivity contribution in [3.63, 3.8) is 0 Å². The van der Waals surface area contributed by atoms with Gasteiger partial charge >= 0.3 is 0 Å². The third kappa shape index (κ3) is 2.42. The van der Waals surface area contributed by atoms with E-state index in [4.69, 9.17) is 28.4 Å². The highest BCUT2D eigenvalue weighted by Gasteiger charge is 2.57. The topological polar surface area (TPSA) is 95.8 Å². The second-order valence-electron chi connectivity index (χ2n) is 6.48. The van der Waals surface area contributed by atoms with Crippen molar-refractivity contribution in [2.75, 3.05) is 13.9 Å². The molecule has 5 atom stereocenters. The van der Waals surface area contributed by atoms with Crippen molar-refractivity contribution < 1.29 is 38.6 Å². The number of rotatable bonds is 3. The molecule has 2 fully saturated rings. The largest absolute Gasteiger partial charge is 0.507 e. The van der Waals surface area contributed by atoms with Crippen LogP contribution >= 0.6 is 0 Å². The van der Waals surface area contributed by atoms with E-state index in [1.54, 1.807) is 13.8 Å². The maximum Gasteiger partial charge on any atom is 0.231 e. The summed E-state index contributed by atoms with van der Waals surface area (Å²) in [5.41, 5.74) is 0.269. The highest BCUT2D eigenvalue weighted by molar-refractivity contribution is 5.52. The molecule has 0 radical (unpaired) electrons. The number of phenols is 1. The third-order valence-corrected chi connectivity index (χ3v) is 4.45. The molecule has 0 saturated carbocycles. The fourth-order valence-electron chi connectivity index (χ4n) is 3.39. The van der Waals surface area contributed by atoms with Crippen molar-refractivity contribution in [3.05, 3.63) is 17.7 Å². The third-order valence-electron chi connectivity index (χ3n) is 4.45. The predicted molar refractivity (Wildman–Crippen MR) is 78.7 cm³/mol. The lowest BCUT2D eigenvalue weighted by atomic mass is 9.98. The first-order chi connectivity index (χ1) is 11.4. The standard InChI is InChI=1S/C16H20O8/c1-16(2)23-14-13(19-3)12(22-15(14)24-16)11(18)7-4-9-10(5-8(7)17)21-6-20-9/h4-5,11-15,17-18H,6H2,1-3H3/t11-,12+,13-,14+,15+/m0/s1. The van der Waals surface area contributed by atoms with E-state index in [1.165, 1.54) is 19.2 Å². The fourth-order valence-corrected chi connectivity index (χ4v) is 3.39. The molecule has 1 aromatic rings. The van der Waals surface area contributed by atoms with Gasteiger partial charge in [0.1, 0.15) is 30.2 Å². The van der Waals surface area contributed by atoms with Crippen LogP contribution < -0.4 is 9.47 Å². The van der Waals surface area contributed by atoms with E-state index in [9.17, 15) is 10.2 Å². The smallest absolute Gasteiger partial charge is 0.231 e. The van der Waals surface area contributed by atoms with E-state index in [-0.39, 0.29) is 18.1 Å². The lowest BCUT2D eigenvalue weighted by Crippen LogP contribution is -2.39. The van der Waals surface area contributed by atoms with Crippen LogP contribution in [-0.4, -0.2) is 54.5 Å². The maximum absolute atomic E-state index is 10.7. The monoisotopic (exact) mass is 340 g/mol. The quantitative estimate of drug-likeness (QED) is 0.843. The van der Waals surface area contributed by atoms with Gasteiger partial charge in [0.25, 0.3) is 0 Å². The molecule has 0 aromatic heterocycles. The van der Waals surface area contributed by atoms with E-state index >= 15 is 0 Å². The number of fused-ring (bicyclic) bond motifs is 2. The zero-order chi connectivity index (χ0) is 17.1. The minimum absolute atomic E-state index is 0.0792. The maximum atomic E-state index is 10.7. The first-order valence-corrected chi connectivity index (χ1v) is 7.74.